The SMILES string of the molecule is C[C@@H](CCc1ccccc1)NC(=O)COC(=O)C1C[C@H]2CCC[C@@H](C1)C2=O. The Labute approximate surface area is 160 Å². The van der Waals surface area contributed by atoms with Crippen molar-refractivity contribution in [3.63, 3.8) is 0 Å². The molecular formula is C22H29NO4. The maximum absolute atomic E-state index is 12.3. The lowest BCUT2D eigenvalue weighted by Gasteiger charge is -2.36. The molecule has 1 aromatic carbocycles. The molecular weight excluding hydrogens is 342 g/mol. The summed E-state index contributed by atoms with van der Waals surface area (Å²) in [5.41, 5.74) is 1.24. The first-order valence-electron chi connectivity index (χ1n) is 10.1. The van der Waals surface area contributed by atoms with E-state index >= 15 is 0 Å². The Kier molecular flexibility index (Phi) is 6.64. The molecule has 5 nitrogen and oxygen atoms in total. The van der Waals surface area contributed by atoms with Crippen LogP contribution in [0.4, 0.5) is 0 Å². The number of ether oxygens (including phenoxy) is 1. The third kappa shape index (κ3) is 5.41. The summed E-state index contributed by atoms with van der Waals surface area (Å²) in [6.45, 7) is 1.71. The van der Waals surface area contributed by atoms with Crippen molar-refractivity contribution >= 4 is 17.7 Å². The molecule has 0 aliphatic heterocycles. The van der Waals surface area contributed by atoms with Gasteiger partial charge in [0.15, 0.2) is 6.61 Å². The zero-order valence-corrected chi connectivity index (χ0v) is 16.0. The molecule has 0 saturated heterocycles. The van der Waals surface area contributed by atoms with Gasteiger partial charge in [-0.3, -0.25) is 14.4 Å². The number of nitrogens with one attached hydrogen (secondary N) is 1. The highest BCUT2D eigenvalue weighted by Gasteiger charge is 2.41. The van der Waals surface area contributed by atoms with Crippen LogP contribution in [0.1, 0.15) is 51.0 Å². The Bertz CT molecular complexity index is 656. The third-order valence-corrected chi connectivity index (χ3v) is 5.84. The fraction of sp³-hybridized carbons (Fsp3) is 0.591. The molecule has 146 valence electrons. The highest BCUT2D eigenvalue weighted by atomic mass is 16.5. The second-order valence-electron chi connectivity index (χ2n) is 8.00. The number of fused-ring (bicyclic) bond motifs is 2. The molecule has 2 aliphatic rings. The first kappa shape index (κ1) is 19.6. The van der Waals surface area contributed by atoms with Crippen molar-refractivity contribution in [2.45, 2.75) is 57.9 Å². The maximum Gasteiger partial charge on any atom is 0.309 e. The fourth-order valence-corrected chi connectivity index (χ4v) is 4.34. The number of aryl methyl sites for hydroxylation is 1. The Balaban J connectivity index is 1.37. The first-order chi connectivity index (χ1) is 13.0. The molecule has 0 spiro atoms. The van der Waals surface area contributed by atoms with Gasteiger partial charge in [0.1, 0.15) is 5.78 Å². The summed E-state index contributed by atoms with van der Waals surface area (Å²) in [5.74, 6) is -0.470. The minimum Gasteiger partial charge on any atom is -0.455 e. The van der Waals surface area contributed by atoms with Crippen LogP contribution in [-0.2, 0) is 25.5 Å². The van der Waals surface area contributed by atoms with Crippen LogP contribution in [0.15, 0.2) is 30.3 Å². The monoisotopic (exact) mass is 371 g/mol. The zero-order chi connectivity index (χ0) is 19.2. The standard InChI is InChI=1S/C22H29NO4/c1-15(10-11-16-6-3-2-4-7-16)23-20(24)14-27-22(26)19-12-17-8-5-9-18(13-19)21(17)25/h2-4,6-7,15,17-19H,5,8-14H2,1H3,(H,23,24)/t15-,17-,18+,19?/m0/s1. The van der Waals surface area contributed by atoms with Gasteiger partial charge in [-0.1, -0.05) is 36.8 Å². The average Bonchev–Trinajstić information content (AvgIpc) is 2.65. The summed E-state index contributed by atoms with van der Waals surface area (Å²) in [6.07, 6.45) is 5.74. The number of ketones is 1. The molecule has 1 unspecified atom stereocenters. The topological polar surface area (TPSA) is 72.5 Å². The van der Waals surface area contributed by atoms with Gasteiger partial charge in [0.25, 0.3) is 5.91 Å². The van der Waals surface area contributed by atoms with Crippen molar-refractivity contribution in [3.05, 3.63) is 35.9 Å². The Morgan fingerprint density at radius 3 is 2.48 bits per heavy atom. The van der Waals surface area contributed by atoms with Gasteiger partial charge in [-0.2, -0.15) is 0 Å². The van der Waals surface area contributed by atoms with Crippen molar-refractivity contribution < 1.29 is 19.1 Å². The first-order valence-corrected chi connectivity index (χ1v) is 10.1. The van der Waals surface area contributed by atoms with Crippen molar-refractivity contribution in [1.82, 2.24) is 5.32 Å². The van der Waals surface area contributed by atoms with E-state index in [0.29, 0.717) is 18.6 Å². The van der Waals surface area contributed by atoms with Crippen LogP contribution >= 0.6 is 0 Å². The summed E-state index contributed by atoms with van der Waals surface area (Å²) in [4.78, 5) is 36.5. The van der Waals surface area contributed by atoms with Crippen molar-refractivity contribution in [2.75, 3.05) is 6.61 Å². The van der Waals surface area contributed by atoms with Gasteiger partial charge in [0.05, 0.1) is 5.92 Å². The van der Waals surface area contributed by atoms with E-state index in [2.05, 4.69) is 17.4 Å². The van der Waals surface area contributed by atoms with Gasteiger partial charge in [-0.05, 0) is 51.0 Å². The minimum atomic E-state index is -0.327. The van der Waals surface area contributed by atoms with Crippen LogP contribution in [0.2, 0.25) is 0 Å². The van der Waals surface area contributed by atoms with E-state index < -0.39 is 0 Å². The van der Waals surface area contributed by atoms with Gasteiger partial charge in [0, 0.05) is 17.9 Å². The lowest BCUT2D eigenvalue weighted by molar-refractivity contribution is -0.156. The van der Waals surface area contributed by atoms with Crippen LogP contribution in [0.3, 0.4) is 0 Å². The summed E-state index contributed by atoms with van der Waals surface area (Å²) < 4.78 is 5.25. The number of carbonyl (C=O) groups excluding carboxylic acids is 3. The van der Waals surface area contributed by atoms with E-state index in [0.717, 1.165) is 32.1 Å². The Hall–Kier alpha value is -2.17. The molecule has 4 atom stereocenters. The molecule has 2 saturated carbocycles. The van der Waals surface area contributed by atoms with Crippen LogP contribution in [0, 0.1) is 17.8 Å². The van der Waals surface area contributed by atoms with Crippen LogP contribution in [-0.4, -0.2) is 30.3 Å². The van der Waals surface area contributed by atoms with Crippen LogP contribution < -0.4 is 5.32 Å². The number of amides is 1. The number of hydrogen-bond acceptors (Lipinski definition) is 4. The smallest absolute Gasteiger partial charge is 0.309 e. The largest absolute Gasteiger partial charge is 0.455 e. The molecule has 2 aliphatic carbocycles. The quantitative estimate of drug-likeness (QED) is 0.748. The summed E-state index contributed by atoms with van der Waals surface area (Å²) in [5, 5.41) is 2.89. The summed E-state index contributed by atoms with van der Waals surface area (Å²) in [7, 11) is 0. The van der Waals surface area contributed by atoms with E-state index in [9.17, 15) is 14.4 Å². The van der Waals surface area contributed by atoms with Crippen molar-refractivity contribution in [1.29, 1.82) is 0 Å². The molecule has 2 bridgehead atoms. The molecule has 3 rings (SSSR count). The van der Waals surface area contributed by atoms with Gasteiger partial charge < -0.3 is 10.1 Å². The van der Waals surface area contributed by atoms with Gasteiger partial charge >= 0.3 is 5.97 Å². The van der Waals surface area contributed by atoms with Crippen LogP contribution in [0.5, 0.6) is 0 Å². The molecule has 1 aromatic rings. The molecule has 1 N–H and O–H groups in total. The van der Waals surface area contributed by atoms with E-state index in [1.807, 2.05) is 25.1 Å². The molecule has 0 heterocycles. The van der Waals surface area contributed by atoms with E-state index in [-0.39, 0.29) is 42.3 Å². The molecule has 5 heteroatoms. The number of benzene rings is 1. The Morgan fingerprint density at radius 2 is 1.81 bits per heavy atom. The normalized spacial score (nSPS) is 25.5. The number of Topliss-reactive ketones (excluding diaryl/α,β-unsaturated/α-hetero) is 1. The van der Waals surface area contributed by atoms with Crippen molar-refractivity contribution in [2.24, 2.45) is 17.8 Å². The lowest BCUT2D eigenvalue weighted by atomic mass is 9.67. The second kappa shape index (κ2) is 9.16. The zero-order valence-electron chi connectivity index (χ0n) is 16.0. The number of rotatable bonds is 7. The average molecular weight is 371 g/mol. The van der Waals surface area contributed by atoms with Gasteiger partial charge in [0.2, 0.25) is 0 Å². The summed E-state index contributed by atoms with van der Waals surface area (Å²) in [6, 6.07) is 10.2. The van der Waals surface area contributed by atoms with Gasteiger partial charge in [-0.15, -0.1) is 0 Å². The highest BCUT2D eigenvalue weighted by molar-refractivity contribution is 5.88. The Morgan fingerprint density at radius 1 is 1.15 bits per heavy atom. The predicted molar refractivity (Wildman–Crippen MR) is 102 cm³/mol. The van der Waals surface area contributed by atoms with E-state index in [4.69, 9.17) is 4.74 Å². The predicted octanol–water partition coefficient (Wildman–Crippen LogP) is 3.06. The summed E-state index contributed by atoms with van der Waals surface area (Å²) >= 11 is 0. The molecule has 2 fully saturated rings. The minimum absolute atomic E-state index is 0.0156. The number of esters is 1. The third-order valence-electron chi connectivity index (χ3n) is 5.84. The lowest BCUT2D eigenvalue weighted by Crippen LogP contribution is -2.41. The van der Waals surface area contributed by atoms with Gasteiger partial charge in [-0.25, -0.2) is 0 Å². The molecule has 0 aromatic heterocycles. The second-order valence-corrected chi connectivity index (χ2v) is 8.00. The highest BCUT2D eigenvalue weighted by Crippen LogP contribution is 2.40. The number of hydrogen-bond donors (Lipinski definition) is 1. The molecule has 1 amide bonds. The van der Waals surface area contributed by atoms with Crippen LogP contribution in [0.25, 0.3) is 0 Å². The molecule has 0 radical (unpaired) electrons. The van der Waals surface area contributed by atoms with E-state index in [1.165, 1.54) is 5.56 Å². The van der Waals surface area contributed by atoms with E-state index in [1.54, 1.807) is 0 Å². The fourth-order valence-electron chi connectivity index (χ4n) is 4.34. The van der Waals surface area contributed by atoms with Crippen molar-refractivity contribution in [3.8, 4) is 0 Å². The maximum atomic E-state index is 12.3. The molecule has 27 heavy (non-hydrogen) atoms. The number of carbonyl (C=O) groups is 3.